The molecule has 2 rings (SSSR count). The minimum atomic E-state index is -0.945. The fourth-order valence-corrected chi connectivity index (χ4v) is 3.15. The monoisotopic (exact) mass is 290 g/mol. The van der Waals surface area contributed by atoms with E-state index in [9.17, 15) is 9.90 Å². The first-order valence-corrected chi connectivity index (χ1v) is 7.41. The normalized spacial score (nSPS) is 10.6. The SMILES string of the molecule is CCc1ccsc1CNc1nc(C)cc(C)c1C(=O)O. The molecular weight excluding hydrogens is 272 g/mol. The minimum absolute atomic E-state index is 0.255. The Balaban J connectivity index is 2.27. The van der Waals surface area contributed by atoms with E-state index in [0.717, 1.165) is 17.7 Å². The second-order valence-corrected chi connectivity index (χ2v) is 5.69. The average Bonchev–Trinajstić information content (AvgIpc) is 2.82. The van der Waals surface area contributed by atoms with Crippen LogP contribution in [0.15, 0.2) is 17.5 Å². The summed E-state index contributed by atoms with van der Waals surface area (Å²) in [6, 6.07) is 3.89. The Bertz CT molecular complexity index is 635. The molecule has 0 saturated carbocycles. The van der Waals surface area contributed by atoms with E-state index in [1.54, 1.807) is 24.3 Å². The Kier molecular flexibility index (Phi) is 4.39. The van der Waals surface area contributed by atoms with Crippen molar-refractivity contribution < 1.29 is 9.90 Å². The molecule has 20 heavy (non-hydrogen) atoms. The summed E-state index contributed by atoms with van der Waals surface area (Å²) in [6.07, 6.45) is 0.979. The first kappa shape index (κ1) is 14.5. The maximum atomic E-state index is 11.4. The zero-order valence-corrected chi connectivity index (χ0v) is 12.7. The van der Waals surface area contributed by atoms with Crippen LogP contribution in [-0.4, -0.2) is 16.1 Å². The molecular formula is C15H18N2O2S. The van der Waals surface area contributed by atoms with Crippen LogP contribution in [0.1, 0.15) is 39.0 Å². The molecule has 2 aromatic rings. The Labute approximate surface area is 122 Å². The Morgan fingerprint density at radius 2 is 2.20 bits per heavy atom. The molecule has 2 N–H and O–H groups in total. The molecule has 0 aliphatic rings. The number of nitrogens with one attached hydrogen (secondary N) is 1. The van der Waals surface area contributed by atoms with Gasteiger partial charge in [-0.05, 0) is 48.9 Å². The van der Waals surface area contributed by atoms with Crippen LogP contribution < -0.4 is 5.32 Å². The third-order valence-corrected chi connectivity index (χ3v) is 4.16. The summed E-state index contributed by atoms with van der Waals surface area (Å²) < 4.78 is 0. The summed E-state index contributed by atoms with van der Waals surface area (Å²) in [5.74, 6) is -0.496. The van der Waals surface area contributed by atoms with Crippen LogP contribution in [0, 0.1) is 13.8 Å². The number of hydrogen-bond donors (Lipinski definition) is 2. The molecule has 0 amide bonds. The zero-order valence-electron chi connectivity index (χ0n) is 11.9. The van der Waals surface area contributed by atoms with Crippen LogP contribution in [0.4, 0.5) is 5.82 Å². The van der Waals surface area contributed by atoms with E-state index in [1.807, 2.05) is 6.92 Å². The smallest absolute Gasteiger partial charge is 0.339 e. The molecule has 0 saturated heterocycles. The van der Waals surface area contributed by atoms with Crippen LogP contribution in [0.5, 0.6) is 0 Å². The Morgan fingerprint density at radius 3 is 2.85 bits per heavy atom. The molecule has 0 fully saturated rings. The molecule has 0 bridgehead atoms. The van der Waals surface area contributed by atoms with Crippen molar-refractivity contribution in [2.45, 2.75) is 33.7 Å². The highest BCUT2D eigenvalue weighted by Crippen LogP contribution is 2.22. The maximum absolute atomic E-state index is 11.4. The Morgan fingerprint density at radius 1 is 1.45 bits per heavy atom. The fraction of sp³-hybridized carbons (Fsp3) is 0.333. The van der Waals surface area contributed by atoms with Crippen molar-refractivity contribution in [3.63, 3.8) is 0 Å². The van der Waals surface area contributed by atoms with Crippen molar-refractivity contribution in [3.05, 3.63) is 44.8 Å². The molecule has 4 nitrogen and oxygen atoms in total. The average molecular weight is 290 g/mol. The van der Waals surface area contributed by atoms with Crippen molar-refractivity contribution in [3.8, 4) is 0 Å². The Hall–Kier alpha value is -1.88. The highest BCUT2D eigenvalue weighted by molar-refractivity contribution is 7.10. The number of pyridine rings is 1. The molecule has 0 unspecified atom stereocenters. The number of aromatic nitrogens is 1. The van der Waals surface area contributed by atoms with Crippen molar-refractivity contribution >= 4 is 23.1 Å². The van der Waals surface area contributed by atoms with E-state index in [0.29, 0.717) is 12.4 Å². The van der Waals surface area contributed by atoms with Gasteiger partial charge in [0.25, 0.3) is 0 Å². The minimum Gasteiger partial charge on any atom is -0.478 e. The van der Waals surface area contributed by atoms with Gasteiger partial charge in [0.05, 0.1) is 6.54 Å². The van der Waals surface area contributed by atoms with Crippen molar-refractivity contribution in [2.75, 3.05) is 5.32 Å². The van der Waals surface area contributed by atoms with E-state index in [2.05, 4.69) is 28.7 Å². The number of nitrogens with zero attached hydrogens (tertiary/aromatic N) is 1. The van der Waals surface area contributed by atoms with Gasteiger partial charge >= 0.3 is 5.97 Å². The molecule has 5 heteroatoms. The molecule has 0 aromatic carbocycles. The summed E-state index contributed by atoms with van der Waals surface area (Å²) >= 11 is 1.68. The van der Waals surface area contributed by atoms with Crippen LogP contribution in [-0.2, 0) is 13.0 Å². The van der Waals surface area contributed by atoms with Gasteiger partial charge in [0.1, 0.15) is 11.4 Å². The van der Waals surface area contributed by atoms with Crippen molar-refractivity contribution in [1.29, 1.82) is 0 Å². The molecule has 0 aliphatic carbocycles. The van der Waals surface area contributed by atoms with Gasteiger partial charge in [0, 0.05) is 10.6 Å². The van der Waals surface area contributed by atoms with Gasteiger partial charge < -0.3 is 10.4 Å². The topological polar surface area (TPSA) is 62.2 Å². The van der Waals surface area contributed by atoms with Gasteiger partial charge in [-0.3, -0.25) is 0 Å². The van der Waals surface area contributed by atoms with E-state index in [1.165, 1.54) is 10.4 Å². The molecule has 0 aliphatic heterocycles. The van der Waals surface area contributed by atoms with Crippen molar-refractivity contribution in [1.82, 2.24) is 4.98 Å². The van der Waals surface area contributed by atoms with Gasteiger partial charge in [0.15, 0.2) is 0 Å². The molecule has 2 heterocycles. The first-order chi connectivity index (χ1) is 9.52. The number of rotatable bonds is 5. The quantitative estimate of drug-likeness (QED) is 0.882. The standard InChI is InChI=1S/C15H18N2O2S/c1-4-11-5-6-20-12(11)8-16-14-13(15(18)19)9(2)7-10(3)17-14/h5-7H,4,8H2,1-3H3,(H,16,17)(H,18,19). The summed E-state index contributed by atoms with van der Waals surface area (Å²) in [7, 11) is 0. The number of carbonyl (C=O) groups is 1. The third-order valence-electron chi connectivity index (χ3n) is 3.19. The number of hydrogen-bond acceptors (Lipinski definition) is 4. The molecule has 0 radical (unpaired) electrons. The second-order valence-electron chi connectivity index (χ2n) is 4.69. The lowest BCUT2D eigenvalue weighted by atomic mass is 10.1. The van der Waals surface area contributed by atoms with Gasteiger partial charge in [-0.15, -0.1) is 11.3 Å². The fourth-order valence-electron chi connectivity index (χ4n) is 2.24. The predicted octanol–water partition coefficient (Wildman–Crippen LogP) is 3.63. The van der Waals surface area contributed by atoms with Gasteiger partial charge in [0.2, 0.25) is 0 Å². The van der Waals surface area contributed by atoms with Gasteiger partial charge in [-0.1, -0.05) is 6.92 Å². The van der Waals surface area contributed by atoms with Crippen LogP contribution >= 0.6 is 11.3 Å². The van der Waals surface area contributed by atoms with E-state index < -0.39 is 5.97 Å². The zero-order chi connectivity index (χ0) is 14.7. The van der Waals surface area contributed by atoms with E-state index in [-0.39, 0.29) is 5.56 Å². The lowest BCUT2D eigenvalue weighted by Gasteiger charge is -2.12. The highest BCUT2D eigenvalue weighted by Gasteiger charge is 2.16. The maximum Gasteiger partial charge on any atom is 0.339 e. The largest absolute Gasteiger partial charge is 0.478 e. The number of carboxylic acids is 1. The first-order valence-electron chi connectivity index (χ1n) is 6.53. The summed E-state index contributed by atoms with van der Waals surface area (Å²) in [6.45, 7) is 6.39. The predicted molar refractivity (Wildman–Crippen MR) is 81.7 cm³/mol. The molecule has 2 aromatic heterocycles. The van der Waals surface area contributed by atoms with Gasteiger partial charge in [-0.2, -0.15) is 0 Å². The third kappa shape index (κ3) is 2.99. The number of aryl methyl sites for hydroxylation is 3. The number of thiophene rings is 1. The lowest BCUT2D eigenvalue weighted by Crippen LogP contribution is -2.11. The molecule has 0 spiro atoms. The van der Waals surface area contributed by atoms with Crippen LogP contribution in [0.25, 0.3) is 0 Å². The van der Waals surface area contributed by atoms with E-state index in [4.69, 9.17) is 0 Å². The van der Waals surface area contributed by atoms with Crippen LogP contribution in [0.2, 0.25) is 0 Å². The van der Waals surface area contributed by atoms with Crippen LogP contribution in [0.3, 0.4) is 0 Å². The lowest BCUT2D eigenvalue weighted by molar-refractivity contribution is 0.0697. The summed E-state index contributed by atoms with van der Waals surface area (Å²) in [5.41, 5.74) is 3.10. The number of aromatic carboxylic acids is 1. The molecule has 0 atom stereocenters. The number of carboxylic acid groups (broad SMARTS) is 1. The highest BCUT2D eigenvalue weighted by atomic mass is 32.1. The molecule has 106 valence electrons. The summed E-state index contributed by atoms with van der Waals surface area (Å²) in [5, 5.41) is 14.5. The summed E-state index contributed by atoms with van der Waals surface area (Å²) in [4.78, 5) is 16.9. The number of anilines is 1. The van der Waals surface area contributed by atoms with E-state index >= 15 is 0 Å². The van der Waals surface area contributed by atoms with Gasteiger partial charge in [-0.25, -0.2) is 9.78 Å². The van der Waals surface area contributed by atoms with Crippen molar-refractivity contribution in [2.24, 2.45) is 0 Å². The second kappa shape index (κ2) is 6.05.